The summed E-state index contributed by atoms with van der Waals surface area (Å²) in [6.45, 7) is 7.01. The molecule has 17 heavy (non-hydrogen) atoms. The van der Waals surface area contributed by atoms with Crippen molar-refractivity contribution in [1.29, 1.82) is 0 Å². The summed E-state index contributed by atoms with van der Waals surface area (Å²) in [5, 5.41) is 3.51. The average Bonchev–Trinajstić information content (AvgIpc) is 3.11. The van der Waals surface area contributed by atoms with Crippen molar-refractivity contribution in [3.63, 3.8) is 0 Å². The molecular weight excluding hydrogens is 210 g/mol. The van der Waals surface area contributed by atoms with Crippen LogP contribution in [-0.4, -0.2) is 42.1 Å². The molecule has 3 rings (SSSR count). The second-order valence-electron chi connectivity index (χ2n) is 5.61. The van der Waals surface area contributed by atoms with Gasteiger partial charge in [0.25, 0.3) is 0 Å². The Morgan fingerprint density at radius 1 is 1.41 bits per heavy atom. The second-order valence-corrected chi connectivity index (χ2v) is 5.61. The molecule has 2 aliphatic rings. The van der Waals surface area contributed by atoms with Gasteiger partial charge in [-0.2, -0.15) is 0 Å². The van der Waals surface area contributed by atoms with E-state index in [0.717, 1.165) is 6.54 Å². The van der Waals surface area contributed by atoms with Crippen LogP contribution in [0.5, 0.6) is 0 Å². The highest BCUT2D eigenvalue weighted by Crippen LogP contribution is 2.48. The number of hydrogen-bond acceptors (Lipinski definition) is 3. The van der Waals surface area contributed by atoms with Crippen LogP contribution in [0.4, 0.5) is 0 Å². The first-order valence-electron chi connectivity index (χ1n) is 6.65. The zero-order valence-electron chi connectivity index (χ0n) is 10.5. The number of nitrogens with one attached hydrogen (secondary N) is 1. The predicted molar refractivity (Wildman–Crippen MR) is 69.1 cm³/mol. The molecule has 1 atom stereocenters. The molecule has 0 radical (unpaired) electrons. The molecule has 1 aromatic rings. The van der Waals surface area contributed by atoms with E-state index >= 15 is 0 Å². The minimum Gasteiger partial charge on any atom is -0.312 e. The molecule has 0 spiro atoms. The van der Waals surface area contributed by atoms with Crippen molar-refractivity contribution >= 4 is 0 Å². The van der Waals surface area contributed by atoms with Crippen LogP contribution < -0.4 is 5.32 Å². The van der Waals surface area contributed by atoms with Crippen LogP contribution in [0, 0.1) is 0 Å². The molecule has 0 unspecified atom stereocenters. The van der Waals surface area contributed by atoms with Crippen molar-refractivity contribution < 1.29 is 0 Å². The van der Waals surface area contributed by atoms with Gasteiger partial charge in [0.15, 0.2) is 0 Å². The third-order valence-corrected chi connectivity index (χ3v) is 4.13. The molecule has 1 aromatic heterocycles. The first-order chi connectivity index (χ1) is 8.28. The van der Waals surface area contributed by atoms with E-state index in [-0.39, 0.29) is 0 Å². The molecule has 2 heterocycles. The highest BCUT2D eigenvalue weighted by Gasteiger charge is 2.45. The lowest BCUT2D eigenvalue weighted by atomic mass is 9.96. The van der Waals surface area contributed by atoms with E-state index in [1.54, 1.807) is 0 Å². The average molecular weight is 231 g/mol. The topological polar surface area (TPSA) is 28.2 Å². The molecule has 1 aliphatic carbocycles. The van der Waals surface area contributed by atoms with Gasteiger partial charge in [0.2, 0.25) is 0 Å². The molecule has 0 bridgehead atoms. The fraction of sp³-hybridized carbons (Fsp3) is 0.643. The number of pyridine rings is 1. The smallest absolute Gasteiger partial charge is 0.0270 e. The maximum atomic E-state index is 4.12. The van der Waals surface area contributed by atoms with Gasteiger partial charge >= 0.3 is 0 Å². The Balaban J connectivity index is 1.68. The van der Waals surface area contributed by atoms with Gasteiger partial charge in [0.05, 0.1) is 0 Å². The second kappa shape index (κ2) is 4.39. The third kappa shape index (κ3) is 2.35. The van der Waals surface area contributed by atoms with Gasteiger partial charge in [-0.15, -0.1) is 0 Å². The fourth-order valence-corrected chi connectivity index (χ4v) is 2.98. The largest absolute Gasteiger partial charge is 0.312 e. The lowest BCUT2D eigenvalue weighted by Crippen LogP contribution is -2.51. The molecule has 1 saturated carbocycles. The standard InChI is InChI=1S/C14H21N3/c1-12-10-17(9-8-16-12)11-14(4-5-14)13-2-6-15-7-3-13/h2-3,6-7,12,16H,4-5,8-11H2,1H3/t12-/m1/s1. The Bertz CT molecular complexity index is 372. The van der Waals surface area contributed by atoms with Crippen molar-refractivity contribution in [1.82, 2.24) is 15.2 Å². The highest BCUT2D eigenvalue weighted by atomic mass is 15.2. The maximum Gasteiger partial charge on any atom is 0.0270 e. The lowest BCUT2D eigenvalue weighted by molar-refractivity contribution is 0.191. The molecule has 1 saturated heterocycles. The summed E-state index contributed by atoms with van der Waals surface area (Å²) in [7, 11) is 0. The van der Waals surface area contributed by atoms with E-state index in [9.17, 15) is 0 Å². The molecule has 1 N–H and O–H groups in total. The van der Waals surface area contributed by atoms with Crippen LogP contribution in [0.3, 0.4) is 0 Å². The Morgan fingerprint density at radius 2 is 2.18 bits per heavy atom. The molecular formula is C14H21N3. The summed E-state index contributed by atoms with van der Waals surface area (Å²) in [5.74, 6) is 0. The fourth-order valence-electron chi connectivity index (χ4n) is 2.98. The van der Waals surface area contributed by atoms with E-state index in [2.05, 4.69) is 34.3 Å². The van der Waals surface area contributed by atoms with Gasteiger partial charge in [-0.3, -0.25) is 9.88 Å². The van der Waals surface area contributed by atoms with Gasteiger partial charge in [0, 0.05) is 50.0 Å². The first kappa shape index (κ1) is 11.2. The monoisotopic (exact) mass is 231 g/mol. The van der Waals surface area contributed by atoms with Gasteiger partial charge in [-0.1, -0.05) is 0 Å². The number of nitrogens with zero attached hydrogens (tertiary/aromatic N) is 2. The number of rotatable bonds is 3. The van der Waals surface area contributed by atoms with Crippen LogP contribution in [-0.2, 0) is 5.41 Å². The van der Waals surface area contributed by atoms with E-state index in [1.165, 1.54) is 38.0 Å². The molecule has 0 amide bonds. The predicted octanol–water partition coefficient (Wildman–Crippen LogP) is 1.41. The van der Waals surface area contributed by atoms with Gasteiger partial charge in [-0.05, 0) is 37.5 Å². The molecule has 3 nitrogen and oxygen atoms in total. The summed E-state index contributed by atoms with van der Waals surface area (Å²) < 4.78 is 0. The van der Waals surface area contributed by atoms with Gasteiger partial charge in [-0.25, -0.2) is 0 Å². The van der Waals surface area contributed by atoms with Gasteiger partial charge < -0.3 is 5.32 Å². The first-order valence-corrected chi connectivity index (χ1v) is 6.65. The number of piperazine rings is 1. The Morgan fingerprint density at radius 3 is 2.82 bits per heavy atom. The molecule has 1 aliphatic heterocycles. The summed E-state index contributed by atoms with van der Waals surface area (Å²) in [6, 6.07) is 5.02. The number of hydrogen-bond donors (Lipinski definition) is 1. The van der Waals surface area contributed by atoms with Crippen LogP contribution in [0.1, 0.15) is 25.3 Å². The van der Waals surface area contributed by atoms with Crippen molar-refractivity contribution in [3.8, 4) is 0 Å². The van der Waals surface area contributed by atoms with E-state index < -0.39 is 0 Å². The van der Waals surface area contributed by atoms with Crippen LogP contribution in [0.25, 0.3) is 0 Å². The maximum absolute atomic E-state index is 4.12. The van der Waals surface area contributed by atoms with Crippen LogP contribution in [0.15, 0.2) is 24.5 Å². The Hall–Kier alpha value is -0.930. The normalized spacial score (nSPS) is 27.9. The quantitative estimate of drug-likeness (QED) is 0.852. The zero-order valence-corrected chi connectivity index (χ0v) is 10.5. The van der Waals surface area contributed by atoms with Gasteiger partial charge in [0.1, 0.15) is 0 Å². The molecule has 92 valence electrons. The Labute approximate surface area is 103 Å². The molecule has 2 fully saturated rings. The summed E-state index contributed by atoms with van der Waals surface area (Å²) in [4.78, 5) is 6.74. The minimum absolute atomic E-state index is 0.444. The van der Waals surface area contributed by atoms with Crippen LogP contribution >= 0.6 is 0 Å². The van der Waals surface area contributed by atoms with E-state index in [1.807, 2.05) is 12.4 Å². The Kier molecular flexibility index (Phi) is 2.89. The van der Waals surface area contributed by atoms with Crippen molar-refractivity contribution in [2.75, 3.05) is 26.2 Å². The van der Waals surface area contributed by atoms with E-state index in [0.29, 0.717) is 11.5 Å². The van der Waals surface area contributed by atoms with Crippen molar-refractivity contribution in [3.05, 3.63) is 30.1 Å². The lowest BCUT2D eigenvalue weighted by Gasteiger charge is -2.34. The zero-order chi connectivity index (χ0) is 11.7. The summed E-state index contributed by atoms with van der Waals surface area (Å²) in [5.41, 5.74) is 1.93. The highest BCUT2D eigenvalue weighted by molar-refractivity contribution is 5.30. The van der Waals surface area contributed by atoms with Crippen molar-refractivity contribution in [2.24, 2.45) is 0 Å². The molecule has 0 aromatic carbocycles. The summed E-state index contributed by atoms with van der Waals surface area (Å²) >= 11 is 0. The van der Waals surface area contributed by atoms with Crippen molar-refractivity contribution in [2.45, 2.75) is 31.2 Å². The minimum atomic E-state index is 0.444. The third-order valence-electron chi connectivity index (χ3n) is 4.13. The van der Waals surface area contributed by atoms with E-state index in [4.69, 9.17) is 0 Å². The SMILES string of the molecule is C[C@@H]1CN(CC2(c3ccncc3)CC2)CCN1. The summed E-state index contributed by atoms with van der Waals surface area (Å²) in [6.07, 6.45) is 6.54. The number of aromatic nitrogens is 1. The van der Waals surface area contributed by atoms with Crippen LogP contribution in [0.2, 0.25) is 0 Å². The molecule has 3 heteroatoms.